The molecule has 19 heteroatoms. The predicted molar refractivity (Wildman–Crippen MR) is 335 cm³/mol. The second-order valence-corrected chi connectivity index (χ2v) is 26.9. The SMILES string of the molecule is CCCCCCCCCCCCC(=O)OC[C@H](COP(=O)(O)OC[C@@H](O)COP(=O)(O)OC[C@@H](COC(=O)CCCCCCCCCC)OC(=O)CCCCCCCCCC)OC(=O)CCCCCCCCCCCCCCCCCC(C)C. The van der Waals surface area contributed by atoms with Crippen LogP contribution in [0.3, 0.4) is 0 Å². The van der Waals surface area contributed by atoms with Crippen LogP contribution in [-0.4, -0.2) is 96.7 Å². The van der Waals surface area contributed by atoms with Gasteiger partial charge in [-0.2, -0.15) is 0 Å². The van der Waals surface area contributed by atoms with Crippen LogP contribution in [0, 0.1) is 5.92 Å². The third-order valence-electron chi connectivity index (χ3n) is 15.0. The Morgan fingerprint density at radius 2 is 0.548 bits per heavy atom. The van der Waals surface area contributed by atoms with Gasteiger partial charge in [-0.1, -0.05) is 279 Å². The third-order valence-corrected chi connectivity index (χ3v) is 16.9. The van der Waals surface area contributed by atoms with Gasteiger partial charge in [0.25, 0.3) is 0 Å². The van der Waals surface area contributed by atoms with Crippen molar-refractivity contribution in [1.82, 2.24) is 0 Å². The van der Waals surface area contributed by atoms with Crippen molar-refractivity contribution in [3.8, 4) is 0 Å². The molecule has 0 saturated carbocycles. The first-order valence-corrected chi connectivity index (χ1v) is 37.1. The molecule has 5 atom stereocenters. The summed E-state index contributed by atoms with van der Waals surface area (Å²) in [5, 5.41) is 10.5. The summed E-state index contributed by atoms with van der Waals surface area (Å²) in [5.41, 5.74) is 0. The van der Waals surface area contributed by atoms with Crippen molar-refractivity contribution in [2.45, 2.75) is 348 Å². The fourth-order valence-corrected chi connectivity index (χ4v) is 11.3. The summed E-state index contributed by atoms with van der Waals surface area (Å²) in [6.45, 7) is 7.17. The van der Waals surface area contributed by atoms with Crippen molar-refractivity contribution in [3.05, 3.63) is 0 Å². The zero-order valence-corrected chi connectivity index (χ0v) is 55.8. The van der Waals surface area contributed by atoms with Gasteiger partial charge in [0.05, 0.1) is 26.4 Å². The van der Waals surface area contributed by atoms with E-state index < -0.39 is 97.5 Å². The maximum absolute atomic E-state index is 13.0. The van der Waals surface area contributed by atoms with Gasteiger partial charge in [0, 0.05) is 25.7 Å². The molecule has 0 aliphatic heterocycles. The van der Waals surface area contributed by atoms with Gasteiger partial charge in [0.15, 0.2) is 12.2 Å². The molecule has 0 rings (SSSR count). The molecular formula is C65H126O17P2. The monoisotopic (exact) mass is 1240 g/mol. The summed E-state index contributed by atoms with van der Waals surface area (Å²) in [6.07, 6.45) is 43.2. The Balaban J connectivity index is 5.15. The number of esters is 4. The maximum Gasteiger partial charge on any atom is 0.472 e. The minimum atomic E-state index is -4.94. The van der Waals surface area contributed by atoms with E-state index in [9.17, 15) is 43.2 Å². The Morgan fingerprint density at radius 1 is 0.321 bits per heavy atom. The van der Waals surface area contributed by atoms with E-state index in [1.807, 2.05) is 0 Å². The van der Waals surface area contributed by atoms with Gasteiger partial charge in [-0.3, -0.25) is 37.3 Å². The molecule has 0 spiro atoms. The summed E-state index contributed by atoms with van der Waals surface area (Å²) < 4.78 is 67.9. The maximum atomic E-state index is 13.0. The minimum absolute atomic E-state index is 0.105. The molecule has 17 nitrogen and oxygen atoms in total. The number of carbonyl (C=O) groups is 4. The average Bonchev–Trinajstić information content (AvgIpc) is 3.58. The van der Waals surface area contributed by atoms with E-state index >= 15 is 0 Å². The molecule has 0 aromatic heterocycles. The number of aliphatic hydroxyl groups excluding tert-OH is 1. The van der Waals surface area contributed by atoms with Crippen LogP contribution in [0.2, 0.25) is 0 Å². The Morgan fingerprint density at radius 3 is 0.810 bits per heavy atom. The average molecular weight is 1240 g/mol. The van der Waals surface area contributed by atoms with E-state index in [1.165, 1.54) is 141 Å². The van der Waals surface area contributed by atoms with E-state index in [2.05, 4.69) is 34.6 Å². The van der Waals surface area contributed by atoms with E-state index in [0.717, 1.165) is 109 Å². The van der Waals surface area contributed by atoms with Crippen LogP contribution in [-0.2, 0) is 65.4 Å². The van der Waals surface area contributed by atoms with Gasteiger partial charge in [0.1, 0.15) is 19.3 Å². The molecule has 0 fully saturated rings. The summed E-state index contributed by atoms with van der Waals surface area (Å²) in [6, 6.07) is 0. The van der Waals surface area contributed by atoms with Crippen LogP contribution < -0.4 is 0 Å². The van der Waals surface area contributed by atoms with Gasteiger partial charge in [-0.05, 0) is 31.6 Å². The van der Waals surface area contributed by atoms with Crippen molar-refractivity contribution >= 4 is 39.5 Å². The zero-order chi connectivity index (χ0) is 62.0. The summed E-state index contributed by atoms with van der Waals surface area (Å²) in [5.74, 6) is -1.33. The van der Waals surface area contributed by atoms with Crippen LogP contribution >= 0.6 is 15.6 Å². The second kappa shape index (κ2) is 58.7. The fraction of sp³-hybridized carbons (Fsp3) is 0.938. The van der Waals surface area contributed by atoms with Gasteiger partial charge in [0.2, 0.25) is 0 Å². The molecule has 0 radical (unpaired) electrons. The lowest BCUT2D eigenvalue weighted by Gasteiger charge is -2.21. The van der Waals surface area contributed by atoms with Crippen molar-refractivity contribution in [1.29, 1.82) is 0 Å². The zero-order valence-electron chi connectivity index (χ0n) is 54.0. The minimum Gasteiger partial charge on any atom is -0.462 e. The molecule has 0 aliphatic rings. The highest BCUT2D eigenvalue weighted by molar-refractivity contribution is 7.47. The molecule has 0 heterocycles. The number of carbonyl (C=O) groups excluding carboxylic acids is 4. The highest BCUT2D eigenvalue weighted by atomic mass is 31.2. The third kappa shape index (κ3) is 59.0. The topological polar surface area (TPSA) is 237 Å². The summed E-state index contributed by atoms with van der Waals surface area (Å²) in [7, 11) is -9.88. The Bertz CT molecular complexity index is 1640. The first kappa shape index (κ1) is 82.1. The molecule has 498 valence electrons. The van der Waals surface area contributed by atoms with E-state index in [1.54, 1.807) is 0 Å². The number of rotatable bonds is 65. The predicted octanol–water partition coefficient (Wildman–Crippen LogP) is 18.2. The van der Waals surface area contributed by atoms with Crippen LogP contribution in [0.4, 0.5) is 0 Å². The van der Waals surface area contributed by atoms with Gasteiger partial charge in [-0.15, -0.1) is 0 Å². The highest BCUT2D eigenvalue weighted by Crippen LogP contribution is 2.45. The quantitative estimate of drug-likeness (QED) is 0.0222. The number of aliphatic hydroxyl groups is 1. The summed E-state index contributed by atoms with van der Waals surface area (Å²) in [4.78, 5) is 72.1. The smallest absolute Gasteiger partial charge is 0.462 e. The van der Waals surface area contributed by atoms with Gasteiger partial charge >= 0.3 is 39.5 Å². The van der Waals surface area contributed by atoms with Crippen molar-refractivity contribution in [2.75, 3.05) is 39.6 Å². The molecule has 0 amide bonds. The van der Waals surface area contributed by atoms with Crippen molar-refractivity contribution in [3.63, 3.8) is 0 Å². The Kier molecular flexibility index (Phi) is 57.4. The van der Waals surface area contributed by atoms with Crippen LogP contribution in [0.5, 0.6) is 0 Å². The second-order valence-electron chi connectivity index (χ2n) is 24.0. The van der Waals surface area contributed by atoms with Gasteiger partial charge < -0.3 is 33.8 Å². The number of phosphoric ester groups is 2. The largest absolute Gasteiger partial charge is 0.472 e. The van der Waals surface area contributed by atoms with E-state index in [-0.39, 0.29) is 25.7 Å². The fourth-order valence-electron chi connectivity index (χ4n) is 9.76. The molecular weight excluding hydrogens is 1110 g/mol. The number of hydrogen-bond acceptors (Lipinski definition) is 15. The summed E-state index contributed by atoms with van der Waals surface area (Å²) >= 11 is 0. The molecule has 0 aromatic carbocycles. The molecule has 0 aliphatic carbocycles. The van der Waals surface area contributed by atoms with Gasteiger partial charge in [-0.25, -0.2) is 9.13 Å². The number of ether oxygens (including phenoxy) is 4. The Hall–Kier alpha value is -1.94. The van der Waals surface area contributed by atoms with E-state index in [0.29, 0.717) is 25.7 Å². The first-order valence-electron chi connectivity index (χ1n) is 34.1. The van der Waals surface area contributed by atoms with Crippen LogP contribution in [0.1, 0.15) is 330 Å². The van der Waals surface area contributed by atoms with E-state index in [4.69, 9.17) is 37.0 Å². The molecule has 0 aromatic rings. The lowest BCUT2D eigenvalue weighted by Crippen LogP contribution is -2.30. The number of unbranched alkanes of at least 4 members (excludes halogenated alkanes) is 37. The lowest BCUT2D eigenvalue weighted by atomic mass is 10.0. The first-order chi connectivity index (χ1) is 40.5. The molecule has 2 unspecified atom stereocenters. The standard InChI is InChI=1S/C65H126O17P2/c1-6-9-12-15-18-21-30-35-39-44-49-63(68)76-55-61(82-65(70)51-46-41-36-31-28-26-24-22-23-25-27-29-32-37-42-47-58(4)5)57-80-84(73,74)78-53-59(66)52-77-83(71,72)79-56-60(81-64(69)50-45-40-34-20-17-14-11-8-3)54-75-62(67)48-43-38-33-19-16-13-10-7-2/h58-61,66H,6-57H2,1-5H3,(H,71,72)(H,73,74)/t59-,60+,61+/m0/s1. The van der Waals surface area contributed by atoms with Crippen molar-refractivity contribution < 1.29 is 80.2 Å². The van der Waals surface area contributed by atoms with Crippen LogP contribution in [0.25, 0.3) is 0 Å². The van der Waals surface area contributed by atoms with Crippen molar-refractivity contribution in [2.24, 2.45) is 5.92 Å². The van der Waals surface area contributed by atoms with Crippen LogP contribution in [0.15, 0.2) is 0 Å². The number of hydrogen-bond donors (Lipinski definition) is 3. The molecule has 84 heavy (non-hydrogen) atoms. The normalized spacial score (nSPS) is 14.2. The molecule has 0 saturated heterocycles. The Labute approximate surface area is 511 Å². The molecule has 0 bridgehead atoms. The molecule has 3 N–H and O–H groups in total. The highest BCUT2D eigenvalue weighted by Gasteiger charge is 2.30. The lowest BCUT2D eigenvalue weighted by molar-refractivity contribution is -0.161. The number of phosphoric acid groups is 2.